The van der Waals surface area contributed by atoms with Crippen LogP contribution in [0.1, 0.15) is 62.3 Å². The van der Waals surface area contributed by atoms with Crippen molar-refractivity contribution in [3.8, 4) is 0 Å². The van der Waals surface area contributed by atoms with Gasteiger partial charge in [0, 0.05) is 0 Å². The quantitative estimate of drug-likeness (QED) is 0.541. The Morgan fingerprint density at radius 3 is 1.84 bits per heavy atom. The number of rotatable bonds is 1. The third-order valence-corrected chi connectivity index (χ3v) is 2.65. The number of hydrogen-bond acceptors (Lipinski definition) is 2. The van der Waals surface area contributed by atoms with E-state index in [0.717, 1.165) is 0 Å². The molecule has 1 heterocycles. The topological polar surface area (TPSA) is 18.5 Å². The Balaban J connectivity index is 0. The third-order valence-electron chi connectivity index (χ3n) is 2.65. The Labute approximate surface area is 163 Å². The van der Waals surface area contributed by atoms with Crippen LogP contribution >= 0.6 is 0 Å². The van der Waals surface area contributed by atoms with Crippen molar-refractivity contribution < 1.29 is 60.9 Å². The molecule has 2 nitrogen and oxygen atoms in total. The molecule has 3 heteroatoms. The molecule has 1 rings (SSSR count). The zero-order valence-electron chi connectivity index (χ0n) is 14.7. The molecule has 1 saturated heterocycles. The van der Waals surface area contributed by atoms with E-state index in [4.69, 9.17) is 9.47 Å². The van der Waals surface area contributed by atoms with Crippen molar-refractivity contribution in [1.29, 1.82) is 0 Å². The van der Waals surface area contributed by atoms with Gasteiger partial charge in [-0.15, -0.1) is 0 Å². The Morgan fingerprint density at radius 2 is 1.47 bits per heavy atom. The Morgan fingerprint density at radius 1 is 1.05 bits per heavy atom. The van der Waals surface area contributed by atoms with Gasteiger partial charge in [0.2, 0.25) is 0 Å². The van der Waals surface area contributed by atoms with Crippen molar-refractivity contribution >= 4 is 0 Å². The van der Waals surface area contributed by atoms with Crippen LogP contribution in [0, 0.1) is 24.2 Å². The van der Waals surface area contributed by atoms with Crippen LogP contribution in [-0.2, 0) is 9.47 Å². The van der Waals surface area contributed by atoms with Crippen molar-refractivity contribution in [3.63, 3.8) is 0 Å². The molecule has 1 aliphatic rings. The summed E-state index contributed by atoms with van der Waals surface area (Å²) in [6, 6.07) is 0. The molecule has 110 valence electrons. The SMILES string of the molecule is CC1[CH-][C@H](C)C(C)[C@@H](OC(C)(C)C)O1.C[C-](C)C.[K+]. The van der Waals surface area contributed by atoms with E-state index >= 15 is 0 Å². The predicted molar refractivity (Wildman–Crippen MR) is 78.1 cm³/mol. The predicted octanol–water partition coefficient (Wildman–Crippen LogP) is 1.65. The van der Waals surface area contributed by atoms with E-state index in [2.05, 4.69) is 68.7 Å². The molecule has 4 atom stereocenters. The largest absolute Gasteiger partial charge is 1.00 e. The molecule has 0 radical (unpaired) electrons. The van der Waals surface area contributed by atoms with E-state index in [1.54, 1.807) is 0 Å². The molecule has 0 amide bonds. The van der Waals surface area contributed by atoms with Crippen molar-refractivity contribution in [2.75, 3.05) is 0 Å². The third kappa shape index (κ3) is 11.8. The van der Waals surface area contributed by atoms with Gasteiger partial charge >= 0.3 is 51.4 Å². The van der Waals surface area contributed by atoms with E-state index in [1.165, 1.54) is 5.92 Å². The Kier molecular flexibility index (Phi) is 12.4. The van der Waals surface area contributed by atoms with Crippen molar-refractivity contribution in [2.45, 2.75) is 80.3 Å². The zero-order chi connectivity index (χ0) is 14.5. The molecule has 0 saturated carbocycles. The van der Waals surface area contributed by atoms with Gasteiger partial charge in [-0.25, -0.2) is 0 Å². The minimum absolute atomic E-state index is 0. The summed E-state index contributed by atoms with van der Waals surface area (Å²) in [6.45, 7) is 18.9. The van der Waals surface area contributed by atoms with Gasteiger partial charge in [0.25, 0.3) is 0 Å². The monoisotopic (exact) mass is 295 g/mol. The molecule has 1 fully saturated rings. The van der Waals surface area contributed by atoms with E-state index in [1.807, 2.05) is 0 Å². The van der Waals surface area contributed by atoms with E-state index < -0.39 is 0 Å². The average Bonchev–Trinajstić information content (AvgIpc) is 2.09. The molecular formula is C16H32KO2-. The summed E-state index contributed by atoms with van der Waals surface area (Å²) >= 11 is 0. The maximum Gasteiger partial charge on any atom is 1.00 e. The average molecular weight is 296 g/mol. The standard InChI is InChI=1S/C12H23O2.C4H9.K/c1-8-7-9(2)13-11(10(8)3)14-12(4,5)6;1-4(2)3;/h7-11H,1-6H3;1-3H3;/q2*-1;+1/t8-,9?,10?,11+;;/m0../s1. The zero-order valence-corrected chi connectivity index (χ0v) is 17.8. The summed E-state index contributed by atoms with van der Waals surface area (Å²) in [5, 5.41) is 0. The summed E-state index contributed by atoms with van der Waals surface area (Å²) in [7, 11) is 0. The molecule has 0 bridgehead atoms. The maximum absolute atomic E-state index is 5.89. The van der Waals surface area contributed by atoms with E-state index in [-0.39, 0.29) is 69.4 Å². The first-order valence-corrected chi connectivity index (χ1v) is 6.98. The minimum atomic E-state index is -0.129. The van der Waals surface area contributed by atoms with Gasteiger partial charge in [-0.1, -0.05) is 26.9 Å². The van der Waals surface area contributed by atoms with Gasteiger partial charge in [-0.2, -0.15) is 26.7 Å². The summed E-state index contributed by atoms with van der Waals surface area (Å²) in [4.78, 5) is 0. The second-order valence-electron chi connectivity index (χ2n) is 6.85. The van der Waals surface area contributed by atoms with Crippen LogP contribution < -0.4 is 51.4 Å². The number of ether oxygens (including phenoxy) is 2. The Bertz CT molecular complexity index is 221. The molecule has 1 aliphatic heterocycles. The molecule has 0 aromatic carbocycles. The van der Waals surface area contributed by atoms with Crippen molar-refractivity contribution in [1.82, 2.24) is 0 Å². The van der Waals surface area contributed by atoms with Crippen molar-refractivity contribution in [2.24, 2.45) is 11.8 Å². The summed E-state index contributed by atoms with van der Waals surface area (Å²) < 4.78 is 11.7. The maximum atomic E-state index is 5.89. The van der Waals surface area contributed by atoms with Crippen molar-refractivity contribution in [3.05, 3.63) is 12.3 Å². The van der Waals surface area contributed by atoms with Crippen LogP contribution in [0.25, 0.3) is 0 Å². The van der Waals surface area contributed by atoms with Crippen LogP contribution in [0.4, 0.5) is 0 Å². The first kappa shape index (κ1) is 22.8. The summed E-state index contributed by atoms with van der Waals surface area (Å²) in [5.41, 5.74) is -0.129. The molecule has 19 heavy (non-hydrogen) atoms. The number of hydrogen-bond donors (Lipinski definition) is 0. The van der Waals surface area contributed by atoms with Crippen LogP contribution in [-0.4, -0.2) is 18.0 Å². The van der Waals surface area contributed by atoms with E-state index in [9.17, 15) is 0 Å². The normalized spacial score (nSPS) is 31.3. The summed E-state index contributed by atoms with van der Waals surface area (Å²) in [5.74, 6) is 2.41. The van der Waals surface area contributed by atoms with Crippen LogP contribution in [0.15, 0.2) is 0 Å². The second kappa shape index (κ2) is 10.3. The first-order chi connectivity index (χ1) is 8.03. The van der Waals surface area contributed by atoms with Gasteiger partial charge in [0.15, 0.2) is 6.29 Å². The fourth-order valence-corrected chi connectivity index (χ4v) is 1.72. The van der Waals surface area contributed by atoms with Gasteiger partial charge in [0.05, 0.1) is 5.60 Å². The van der Waals surface area contributed by atoms with Gasteiger partial charge in [-0.3, -0.25) is 6.42 Å². The van der Waals surface area contributed by atoms with Crippen LogP contribution in [0.3, 0.4) is 0 Å². The molecular weight excluding hydrogens is 263 g/mol. The fourth-order valence-electron chi connectivity index (χ4n) is 1.72. The minimum Gasteiger partial charge on any atom is -0.381 e. The first-order valence-electron chi connectivity index (χ1n) is 6.98. The molecule has 0 aromatic rings. The molecule has 0 N–H and O–H groups in total. The van der Waals surface area contributed by atoms with Crippen LogP contribution in [0.5, 0.6) is 0 Å². The van der Waals surface area contributed by atoms with Gasteiger partial charge < -0.3 is 15.4 Å². The summed E-state index contributed by atoms with van der Waals surface area (Å²) in [6.07, 6.45) is 2.38. The van der Waals surface area contributed by atoms with E-state index in [0.29, 0.717) is 11.8 Å². The molecule has 2 unspecified atom stereocenters. The fraction of sp³-hybridized carbons (Fsp3) is 0.875. The smallest absolute Gasteiger partial charge is 0.381 e. The second-order valence-corrected chi connectivity index (χ2v) is 6.85. The molecule has 0 spiro atoms. The molecule has 0 aromatic heterocycles. The van der Waals surface area contributed by atoms with Gasteiger partial charge in [-0.05, 0) is 26.7 Å². The Hall–Kier alpha value is 1.56. The van der Waals surface area contributed by atoms with Crippen LogP contribution in [0.2, 0.25) is 0 Å². The molecule has 0 aliphatic carbocycles. The van der Waals surface area contributed by atoms with Gasteiger partial charge in [0.1, 0.15) is 0 Å².